The van der Waals surface area contributed by atoms with Crippen LogP contribution in [-0.4, -0.2) is 90.3 Å². The number of alkyl carbamates (subject to hydrolysis) is 1. The van der Waals surface area contributed by atoms with Gasteiger partial charge < -0.3 is 39.6 Å². The minimum atomic E-state index is -0.528. The Morgan fingerprint density at radius 2 is 1.51 bits per heavy atom. The minimum Gasteiger partial charge on any atom is -0.490 e. The molecule has 3 N–H and O–H groups in total. The summed E-state index contributed by atoms with van der Waals surface area (Å²) in [6.07, 6.45) is 4.83. The number of amides is 3. The lowest BCUT2D eigenvalue weighted by Crippen LogP contribution is -2.34. The lowest BCUT2D eigenvalue weighted by Gasteiger charge is -2.19. The molecule has 0 spiro atoms. The fraction of sp³-hybridized carbons (Fsp3) is 0.406. The van der Waals surface area contributed by atoms with Crippen LogP contribution in [0.2, 0.25) is 0 Å². The Balaban J connectivity index is 1.08. The molecule has 0 fully saturated rings. The van der Waals surface area contributed by atoms with Crippen molar-refractivity contribution in [3.8, 4) is 17.0 Å². The standard InChI is InChI=1S/C32H40BrN7O7/c1-32(2,3)47-31(42)34-9-10-43-11-12-44-13-14-45-15-16-46-29-8-6-23(17-25(29)33)37-30(41)38-24-5-7-26-27(18-24)39-28(20-35-26)22-19-36-40(4)21-22/h5-8,17-21H,9-16H2,1-4H3,(H,34,42)(H2,37,38,41). The van der Waals surface area contributed by atoms with Gasteiger partial charge in [0.15, 0.2) is 0 Å². The van der Waals surface area contributed by atoms with Crippen LogP contribution in [0.1, 0.15) is 20.8 Å². The summed E-state index contributed by atoms with van der Waals surface area (Å²) >= 11 is 3.49. The van der Waals surface area contributed by atoms with Crippen molar-refractivity contribution in [1.82, 2.24) is 25.1 Å². The van der Waals surface area contributed by atoms with E-state index in [1.807, 2.05) is 34.0 Å². The van der Waals surface area contributed by atoms with E-state index in [-0.39, 0.29) is 0 Å². The SMILES string of the molecule is Cn1cc(-c2cnc3ccc(NC(=O)Nc4ccc(OCCOCCOCCOCCNC(=O)OC(C)(C)C)c(Br)c4)cc3n2)cn1. The summed E-state index contributed by atoms with van der Waals surface area (Å²) in [6, 6.07) is 10.2. The molecule has 0 radical (unpaired) electrons. The number of hydrogen-bond acceptors (Lipinski definition) is 10. The molecule has 4 aromatic rings. The normalized spacial score (nSPS) is 11.3. The van der Waals surface area contributed by atoms with Crippen molar-refractivity contribution < 1.29 is 33.3 Å². The van der Waals surface area contributed by atoms with Crippen LogP contribution >= 0.6 is 15.9 Å². The van der Waals surface area contributed by atoms with Gasteiger partial charge in [-0.25, -0.2) is 14.6 Å². The Labute approximate surface area is 281 Å². The van der Waals surface area contributed by atoms with Crippen molar-refractivity contribution in [3.63, 3.8) is 0 Å². The first kappa shape index (κ1) is 35.5. The maximum Gasteiger partial charge on any atom is 0.407 e. The lowest BCUT2D eigenvalue weighted by molar-refractivity contribution is 0.00901. The average Bonchev–Trinajstić information content (AvgIpc) is 3.45. The van der Waals surface area contributed by atoms with E-state index >= 15 is 0 Å². The Kier molecular flexibility index (Phi) is 13.3. The number of carbonyl (C=O) groups is 2. The Morgan fingerprint density at radius 1 is 0.851 bits per heavy atom. The molecule has 2 aromatic heterocycles. The van der Waals surface area contributed by atoms with E-state index in [4.69, 9.17) is 23.7 Å². The first-order chi connectivity index (χ1) is 22.6. The summed E-state index contributed by atoms with van der Waals surface area (Å²) in [5.74, 6) is 0.617. The fourth-order valence-electron chi connectivity index (χ4n) is 4.06. The van der Waals surface area contributed by atoms with E-state index in [1.165, 1.54) is 0 Å². The molecule has 4 rings (SSSR count). The third-order valence-electron chi connectivity index (χ3n) is 6.13. The molecule has 47 heavy (non-hydrogen) atoms. The second kappa shape index (κ2) is 17.6. The van der Waals surface area contributed by atoms with Gasteiger partial charge in [0.25, 0.3) is 0 Å². The first-order valence-electron chi connectivity index (χ1n) is 15.0. The monoisotopic (exact) mass is 713 g/mol. The van der Waals surface area contributed by atoms with Crippen LogP contribution in [0.15, 0.2) is 59.5 Å². The molecule has 3 amide bonds. The van der Waals surface area contributed by atoms with E-state index in [1.54, 1.807) is 53.5 Å². The molecule has 0 aliphatic heterocycles. The largest absolute Gasteiger partial charge is 0.490 e. The zero-order valence-corrected chi connectivity index (χ0v) is 28.5. The van der Waals surface area contributed by atoms with Crippen LogP contribution in [0.4, 0.5) is 21.0 Å². The first-order valence-corrected chi connectivity index (χ1v) is 15.8. The van der Waals surface area contributed by atoms with Gasteiger partial charge in [0.05, 0.1) is 73.2 Å². The lowest BCUT2D eigenvalue weighted by atomic mass is 10.2. The summed E-state index contributed by atoms with van der Waals surface area (Å²) in [5.41, 5.74) is 3.55. The van der Waals surface area contributed by atoms with Gasteiger partial charge >= 0.3 is 12.1 Å². The Morgan fingerprint density at radius 3 is 2.17 bits per heavy atom. The van der Waals surface area contributed by atoms with Gasteiger partial charge in [-0.1, -0.05) is 0 Å². The van der Waals surface area contributed by atoms with E-state index in [0.717, 1.165) is 5.56 Å². The number of hydrogen-bond donors (Lipinski definition) is 3. The molecule has 0 atom stereocenters. The molecule has 2 aromatic carbocycles. The van der Waals surface area contributed by atoms with Gasteiger partial charge in [-0.05, 0) is 73.1 Å². The maximum absolute atomic E-state index is 12.7. The number of aryl methyl sites for hydroxylation is 1. The molecule has 0 aliphatic rings. The number of ether oxygens (including phenoxy) is 5. The number of carbonyl (C=O) groups excluding carboxylic acids is 2. The highest BCUT2D eigenvalue weighted by atomic mass is 79.9. The summed E-state index contributed by atoms with van der Waals surface area (Å²) in [7, 11) is 1.84. The molecular weight excluding hydrogens is 674 g/mol. The number of fused-ring (bicyclic) bond motifs is 1. The van der Waals surface area contributed by atoms with Gasteiger partial charge in [0.1, 0.15) is 18.0 Å². The van der Waals surface area contributed by atoms with Crippen LogP contribution in [0.5, 0.6) is 5.75 Å². The second-order valence-corrected chi connectivity index (χ2v) is 12.1. The number of halogens is 1. The molecule has 15 heteroatoms. The van der Waals surface area contributed by atoms with Crippen molar-refractivity contribution in [3.05, 3.63) is 59.5 Å². The Hall–Kier alpha value is -4.31. The van der Waals surface area contributed by atoms with Crippen LogP contribution < -0.4 is 20.7 Å². The van der Waals surface area contributed by atoms with Gasteiger partial charge in [-0.3, -0.25) is 9.67 Å². The molecule has 0 saturated heterocycles. The zero-order chi connectivity index (χ0) is 33.6. The molecule has 14 nitrogen and oxygen atoms in total. The van der Waals surface area contributed by atoms with Crippen molar-refractivity contribution in [2.75, 3.05) is 63.4 Å². The maximum atomic E-state index is 12.7. The summed E-state index contributed by atoms with van der Waals surface area (Å²) in [6.45, 7) is 8.54. The highest BCUT2D eigenvalue weighted by Gasteiger charge is 2.15. The third kappa shape index (κ3) is 12.4. The van der Waals surface area contributed by atoms with E-state index < -0.39 is 17.7 Å². The number of anilines is 2. The van der Waals surface area contributed by atoms with Crippen molar-refractivity contribution in [2.45, 2.75) is 26.4 Å². The van der Waals surface area contributed by atoms with Crippen molar-refractivity contribution >= 4 is 50.5 Å². The molecule has 2 heterocycles. The van der Waals surface area contributed by atoms with E-state index in [2.05, 4.69) is 46.9 Å². The second-order valence-electron chi connectivity index (χ2n) is 11.2. The van der Waals surface area contributed by atoms with Gasteiger partial charge in [-0.15, -0.1) is 0 Å². The fourth-order valence-corrected chi connectivity index (χ4v) is 4.56. The van der Waals surface area contributed by atoms with Crippen molar-refractivity contribution in [2.24, 2.45) is 7.05 Å². The molecular formula is C32H40BrN7O7. The molecule has 0 aliphatic carbocycles. The summed E-state index contributed by atoms with van der Waals surface area (Å²) < 4.78 is 29.8. The summed E-state index contributed by atoms with van der Waals surface area (Å²) in [4.78, 5) is 33.4. The van der Waals surface area contributed by atoms with Gasteiger partial charge in [0.2, 0.25) is 0 Å². The Bertz CT molecular complexity index is 1630. The number of rotatable bonds is 16. The smallest absolute Gasteiger partial charge is 0.407 e. The van der Waals surface area contributed by atoms with E-state index in [9.17, 15) is 9.59 Å². The number of benzene rings is 2. The van der Waals surface area contributed by atoms with Crippen LogP contribution in [0, 0.1) is 0 Å². The number of nitrogens with zero attached hydrogens (tertiary/aromatic N) is 4. The van der Waals surface area contributed by atoms with Gasteiger partial charge in [0, 0.05) is 36.7 Å². The van der Waals surface area contributed by atoms with Crippen LogP contribution in [0.25, 0.3) is 22.3 Å². The summed E-state index contributed by atoms with van der Waals surface area (Å²) in [5, 5.41) is 12.5. The predicted molar refractivity (Wildman–Crippen MR) is 181 cm³/mol. The zero-order valence-electron chi connectivity index (χ0n) is 26.9. The van der Waals surface area contributed by atoms with Crippen molar-refractivity contribution in [1.29, 1.82) is 0 Å². The minimum absolute atomic E-state index is 0.340. The predicted octanol–water partition coefficient (Wildman–Crippen LogP) is 5.39. The topological polar surface area (TPSA) is 160 Å². The van der Waals surface area contributed by atoms with Crippen LogP contribution in [-0.2, 0) is 26.0 Å². The molecule has 252 valence electrons. The number of urea groups is 1. The highest BCUT2D eigenvalue weighted by Crippen LogP contribution is 2.28. The van der Waals surface area contributed by atoms with Gasteiger partial charge in [-0.2, -0.15) is 5.10 Å². The number of nitrogens with one attached hydrogen (secondary N) is 3. The highest BCUT2D eigenvalue weighted by molar-refractivity contribution is 9.10. The average molecular weight is 715 g/mol. The van der Waals surface area contributed by atoms with E-state index in [0.29, 0.717) is 91.1 Å². The third-order valence-corrected chi connectivity index (χ3v) is 6.75. The molecule has 0 bridgehead atoms. The van der Waals surface area contributed by atoms with Crippen LogP contribution in [0.3, 0.4) is 0 Å². The molecule has 0 saturated carbocycles. The molecule has 0 unspecified atom stereocenters. The number of aromatic nitrogens is 4. The quantitative estimate of drug-likeness (QED) is 0.129.